The Kier molecular flexibility index (Phi) is 2.68. The van der Waals surface area contributed by atoms with E-state index in [0.717, 1.165) is 31.6 Å². The molecule has 2 rings (SSSR count). The number of hydrogen-bond acceptors (Lipinski definition) is 2. The van der Waals surface area contributed by atoms with Gasteiger partial charge in [-0.1, -0.05) is 0 Å². The van der Waals surface area contributed by atoms with Crippen molar-refractivity contribution in [3.05, 3.63) is 0 Å². The van der Waals surface area contributed by atoms with Crippen LogP contribution in [-0.4, -0.2) is 30.3 Å². The summed E-state index contributed by atoms with van der Waals surface area (Å²) in [4.78, 5) is 13.5. The molecular weight excluding hydrogens is 162 g/mol. The van der Waals surface area contributed by atoms with Crippen molar-refractivity contribution in [2.45, 2.75) is 44.6 Å². The smallest absolute Gasteiger partial charge is 0.133 e. The summed E-state index contributed by atoms with van der Waals surface area (Å²) in [5.74, 6) is 1.44. The van der Waals surface area contributed by atoms with Gasteiger partial charge in [0.1, 0.15) is 5.78 Å². The maximum atomic E-state index is 11.0. The van der Waals surface area contributed by atoms with Crippen molar-refractivity contribution in [3.63, 3.8) is 0 Å². The highest BCUT2D eigenvalue weighted by molar-refractivity contribution is 5.79. The molecule has 74 valence electrons. The first kappa shape index (κ1) is 9.20. The number of Topliss-reactive ketones (excluding diaryl/α,β-unsaturated/α-hetero) is 1. The Morgan fingerprint density at radius 1 is 1.23 bits per heavy atom. The molecule has 2 aliphatic rings. The van der Waals surface area contributed by atoms with E-state index in [1.54, 1.807) is 0 Å². The number of rotatable bonds is 3. The molecule has 2 heteroatoms. The Morgan fingerprint density at radius 3 is 2.38 bits per heavy atom. The first-order valence-corrected chi connectivity index (χ1v) is 5.47. The summed E-state index contributed by atoms with van der Waals surface area (Å²) in [6, 6.07) is 0.693. The maximum absolute atomic E-state index is 11.0. The summed E-state index contributed by atoms with van der Waals surface area (Å²) in [7, 11) is 2.22. The number of hydrogen-bond donors (Lipinski definition) is 0. The van der Waals surface area contributed by atoms with Crippen LogP contribution in [0.4, 0.5) is 0 Å². The lowest BCUT2D eigenvalue weighted by Gasteiger charge is -2.30. The van der Waals surface area contributed by atoms with Crippen LogP contribution in [-0.2, 0) is 4.79 Å². The Balaban J connectivity index is 1.75. The maximum Gasteiger partial charge on any atom is 0.133 e. The van der Waals surface area contributed by atoms with E-state index >= 15 is 0 Å². The Morgan fingerprint density at radius 2 is 1.85 bits per heavy atom. The average molecular weight is 181 g/mol. The molecular formula is C11H19NO. The van der Waals surface area contributed by atoms with Crippen LogP contribution in [0.2, 0.25) is 0 Å². The fourth-order valence-electron chi connectivity index (χ4n) is 2.22. The van der Waals surface area contributed by atoms with Crippen molar-refractivity contribution < 1.29 is 4.79 Å². The fraction of sp³-hybridized carbons (Fsp3) is 0.909. The van der Waals surface area contributed by atoms with Crippen LogP contribution in [0.3, 0.4) is 0 Å². The normalized spacial score (nSPS) is 25.5. The minimum absolute atomic E-state index is 0.469. The minimum atomic E-state index is 0.469. The lowest BCUT2D eigenvalue weighted by molar-refractivity contribution is -0.121. The van der Waals surface area contributed by atoms with E-state index in [2.05, 4.69) is 11.9 Å². The molecule has 0 aromatic rings. The van der Waals surface area contributed by atoms with Crippen LogP contribution in [0.5, 0.6) is 0 Å². The Labute approximate surface area is 80.3 Å². The topological polar surface area (TPSA) is 20.3 Å². The molecule has 0 spiro atoms. The molecule has 2 fully saturated rings. The van der Waals surface area contributed by atoms with Crippen LogP contribution in [0, 0.1) is 5.92 Å². The molecule has 2 aliphatic carbocycles. The van der Waals surface area contributed by atoms with Gasteiger partial charge in [0.05, 0.1) is 0 Å². The van der Waals surface area contributed by atoms with E-state index in [0.29, 0.717) is 11.8 Å². The molecule has 0 aromatic carbocycles. The summed E-state index contributed by atoms with van der Waals surface area (Å²) in [5, 5.41) is 0. The van der Waals surface area contributed by atoms with Gasteiger partial charge in [-0.15, -0.1) is 0 Å². The van der Waals surface area contributed by atoms with Crippen molar-refractivity contribution in [2.75, 3.05) is 13.6 Å². The highest BCUT2D eigenvalue weighted by atomic mass is 16.1. The van der Waals surface area contributed by atoms with Crippen molar-refractivity contribution in [3.8, 4) is 0 Å². The summed E-state index contributed by atoms with van der Waals surface area (Å²) in [6.07, 6.45) is 6.69. The van der Waals surface area contributed by atoms with Gasteiger partial charge in [-0.2, -0.15) is 0 Å². The molecule has 0 heterocycles. The summed E-state index contributed by atoms with van der Waals surface area (Å²) >= 11 is 0. The fourth-order valence-corrected chi connectivity index (χ4v) is 2.22. The lowest BCUT2D eigenvalue weighted by Crippen LogP contribution is -2.36. The van der Waals surface area contributed by atoms with Crippen molar-refractivity contribution in [1.29, 1.82) is 0 Å². The second-order valence-corrected chi connectivity index (χ2v) is 4.65. The molecule has 0 bridgehead atoms. The molecule has 2 saturated carbocycles. The van der Waals surface area contributed by atoms with Gasteiger partial charge in [-0.25, -0.2) is 0 Å². The third-order valence-corrected chi connectivity index (χ3v) is 3.38. The first-order chi connectivity index (χ1) is 6.25. The van der Waals surface area contributed by atoms with Gasteiger partial charge in [-0.05, 0) is 38.6 Å². The van der Waals surface area contributed by atoms with Gasteiger partial charge in [0.2, 0.25) is 0 Å². The average Bonchev–Trinajstić information content (AvgIpc) is 2.89. The van der Waals surface area contributed by atoms with Crippen LogP contribution in [0.25, 0.3) is 0 Å². The predicted octanol–water partition coefficient (Wildman–Crippen LogP) is 1.84. The van der Waals surface area contributed by atoms with Gasteiger partial charge in [0.15, 0.2) is 0 Å². The molecule has 13 heavy (non-hydrogen) atoms. The van der Waals surface area contributed by atoms with E-state index in [4.69, 9.17) is 0 Å². The van der Waals surface area contributed by atoms with Crippen molar-refractivity contribution >= 4 is 5.78 Å². The third-order valence-electron chi connectivity index (χ3n) is 3.38. The summed E-state index contributed by atoms with van der Waals surface area (Å²) < 4.78 is 0. The highest BCUT2D eigenvalue weighted by Crippen LogP contribution is 2.31. The standard InChI is InChI=1S/C11H19NO/c1-12(8-9-2-3-9)10-4-6-11(13)7-5-10/h9-10H,2-8H2,1H3. The molecule has 0 saturated heterocycles. The Bertz CT molecular complexity index is 188. The number of carbonyl (C=O) groups is 1. The zero-order valence-electron chi connectivity index (χ0n) is 8.46. The molecule has 2 nitrogen and oxygen atoms in total. The Hall–Kier alpha value is -0.370. The quantitative estimate of drug-likeness (QED) is 0.662. The van der Waals surface area contributed by atoms with E-state index in [1.807, 2.05) is 0 Å². The predicted molar refractivity (Wildman–Crippen MR) is 52.6 cm³/mol. The molecule has 0 aromatic heterocycles. The summed E-state index contributed by atoms with van der Waals surface area (Å²) in [5.41, 5.74) is 0. The van der Waals surface area contributed by atoms with Crippen LogP contribution in [0.15, 0.2) is 0 Å². The van der Waals surface area contributed by atoms with Crippen molar-refractivity contribution in [2.24, 2.45) is 5.92 Å². The SMILES string of the molecule is CN(CC1CC1)C1CCC(=O)CC1. The van der Waals surface area contributed by atoms with Crippen LogP contribution >= 0.6 is 0 Å². The summed E-state index contributed by atoms with van der Waals surface area (Å²) in [6.45, 7) is 1.26. The number of nitrogens with zero attached hydrogens (tertiary/aromatic N) is 1. The molecule has 0 radical (unpaired) electrons. The van der Waals surface area contributed by atoms with E-state index < -0.39 is 0 Å². The highest BCUT2D eigenvalue weighted by Gasteiger charge is 2.27. The monoisotopic (exact) mass is 181 g/mol. The number of ketones is 1. The van der Waals surface area contributed by atoms with E-state index in [-0.39, 0.29) is 0 Å². The first-order valence-electron chi connectivity index (χ1n) is 5.47. The number of carbonyl (C=O) groups excluding carboxylic acids is 1. The molecule has 0 N–H and O–H groups in total. The van der Waals surface area contributed by atoms with Gasteiger partial charge in [0.25, 0.3) is 0 Å². The molecule has 0 aliphatic heterocycles. The zero-order valence-corrected chi connectivity index (χ0v) is 8.46. The van der Waals surface area contributed by atoms with Gasteiger partial charge >= 0.3 is 0 Å². The third kappa shape index (κ3) is 2.53. The largest absolute Gasteiger partial charge is 0.303 e. The van der Waals surface area contributed by atoms with Crippen molar-refractivity contribution in [1.82, 2.24) is 4.90 Å². The van der Waals surface area contributed by atoms with Gasteiger partial charge < -0.3 is 4.90 Å². The molecule has 0 unspecified atom stereocenters. The van der Waals surface area contributed by atoms with E-state index in [9.17, 15) is 4.79 Å². The van der Waals surface area contributed by atoms with Gasteiger partial charge in [-0.3, -0.25) is 4.79 Å². The van der Waals surface area contributed by atoms with Gasteiger partial charge in [0, 0.05) is 25.4 Å². The second kappa shape index (κ2) is 3.79. The zero-order chi connectivity index (χ0) is 9.26. The van der Waals surface area contributed by atoms with Crippen LogP contribution in [0.1, 0.15) is 38.5 Å². The minimum Gasteiger partial charge on any atom is -0.303 e. The molecule has 0 amide bonds. The van der Waals surface area contributed by atoms with Crippen LogP contribution < -0.4 is 0 Å². The molecule has 0 atom stereocenters. The second-order valence-electron chi connectivity index (χ2n) is 4.65. The lowest BCUT2D eigenvalue weighted by atomic mass is 9.93. The van der Waals surface area contributed by atoms with E-state index in [1.165, 1.54) is 19.4 Å².